The molecule has 98 valence electrons. The van der Waals surface area contributed by atoms with E-state index in [0.29, 0.717) is 11.8 Å². The quantitative estimate of drug-likeness (QED) is 0.920. The highest BCUT2D eigenvalue weighted by Gasteiger charge is 2.21. The van der Waals surface area contributed by atoms with E-state index in [2.05, 4.69) is 29.4 Å². The van der Waals surface area contributed by atoms with Crippen LogP contribution in [0, 0.1) is 5.92 Å². The predicted molar refractivity (Wildman–Crippen MR) is 72.0 cm³/mol. The summed E-state index contributed by atoms with van der Waals surface area (Å²) in [5.41, 5.74) is 0. The first kappa shape index (κ1) is 12.0. The number of nitrogens with one attached hydrogen (secondary N) is 1. The summed E-state index contributed by atoms with van der Waals surface area (Å²) in [5.74, 6) is 2.13. The average molecular weight is 265 g/mol. The third kappa shape index (κ3) is 2.27. The molecule has 1 fully saturated rings. The van der Waals surface area contributed by atoms with Crippen molar-refractivity contribution >= 4 is 16.3 Å². The van der Waals surface area contributed by atoms with Gasteiger partial charge >= 0.3 is 0 Å². The first-order chi connectivity index (χ1) is 8.74. The highest BCUT2D eigenvalue weighted by molar-refractivity contribution is 7.16. The smallest absolute Gasteiger partial charge is 0.234 e. The van der Waals surface area contributed by atoms with Gasteiger partial charge in [0.05, 0.1) is 0 Å². The monoisotopic (exact) mass is 265 g/mol. The molecule has 1 aliphatic heterocycles. The van der Waals surface area contributed by atoms with Crippen molar-refractivity contribution in [2.45, 2.75) is 39.0 Å². The summed E-state index contributed by atoms with van der Waals surface area (Å²) in [6, 6.07) is 0. The summed E-state index contributed by atoms with van der Waals surface area (Å²) < 4.78 is 1.94. The normalized spacial score (nSPS) is 20.9. The van der Waals surface area contributed by atoms with Crippen molar-refractivity contribution in [3.05, 3.63) is 10.8 Å². The highest BCUT2D eigenvalue weighted by Crippen LogP contribution is 2.27. The van der Waals surface area contributed by atoms with Gasteiger partial charge in [-0.05, 0) is 25.3 Å². The molecule has 6 heteroatoms. The van der Waals surface area contributed by atoms with Crippen LogP contribution in [0.5, 0.6) is 0 Å². The SMILES string of the molecule is CC(C)Cc1nnc2sc(C3CCCNC3)nn12. The van der Waals surface area contributed by atoms with E-state index < -0.39 is 0 Å². The Labute approximate surface area is 111 Å². The maximum absolute atomic E-state index is 4.72. The van der Waals surface area contributed by atoms with Crippen LogP contribution in [-0.2, 0) is 6.42 Å². The van der Waals surface area contributed by atoms with Crippen molar-refractivity contribution in [1.82, 2.24) is 25.1 Å². The molecular weight excluding hydrogens is 246 g/mol. The number of piperidine rings is 1. The fourth-order valence-corrected chi connectivity index (χ4v) is 3.38. The van der Waals surface area contributed by atoms with Gasteiger partial charge in [0.1, 0.15) is 5.01 Å². The molecule has 0 bridgehead atoms. The van der Waals surface area contributed by atoms with Crippen molar-refractivity contribution in [2.75, 3.05) is 13.1 Å². The van der Waals surface area contributed by atoms with Crippen LogP contribution in [-0.4, -0.2) is 32.9 Å². The topological polar surface area (TPSA) is 55.1 Å². The molecule has 18 heavy (non-hydrogen) atoms. The van der Waals surface area contributed by atoms with Gasteiger partial charge in [-0.2, -0.15) is 9.61 Å². The molecule has 2 aromatic rings. The number of fused-ring (bicyclic) bond motifs is 1. The summed E-state index contributed by atoms with van der Waals surface area (Å²) in [6.45, 7) is 6.57. The van der Waals surface area contributed by atoms with Crippen molar-refractivity contribution in [2.24, 2.45) is 5.92 Å². The Morgan fingerprint density at radius 2 is 2.33 bits per heavy atom. The Kier molecular flexibility index (Phi) is 3.30. The van der Waals surface area contributed by atoms with E-state index in [9.17, 15) is 0 Å². The molecule has 5 nitrogen and oxygen atoms in total. The van der Waals surface area contributed by atoms with Crippen LogP contribution in [0.3, 0.4) is 0 Å². The van der Waals surface area contributed by atoms with Crippen molar-refractivity contribution in [3.63, 3.8) is 0 Å². The molecule has 1 N–H and O–H groups in total. The Morgan fingerprint density at radius 1 is 1.44 bits per heavy atom. The van der Waals surface area contributed by atoms with Gasteiger partial charge in [-0.15, -0.1) is 10.2 Å². The van der Waals surface area contributed by atoms with Gasteiger partial charge in [0, 0.05) is 18.9 Å². The molecule has 0 radical (unpaired) electrons. The maximum Gasteiger partial charge on any atom is 0.234 e. The first-order valence-electron chi connectivity index (χ1n) is 6.66. The number of aromatic nitrogens is 4. The molecule has 0 aliphatic carbocycles. The minimum absolute atomic E-state index is 0.553. The number of hydrogen-bond donors (Lipinski definition) is 1. The fraction of sp³-hybridized carbons (Fsp3) is 0.750. The average Bonchev–Trinajstić information content (AvgIpc) is 2.92. The molecule has 1 atom stereocenters. The Balaban J connectivity index is 1.88. The third-order valence-electron chi connectivity index (χ3n) is 3.31. The van der Waals surface area contributed by atoms with E-state index in [1.807, 2.05) is 4.52 Å². The second-order valence-corrected chi connectivity index (χ2v) is 6.38. The van der Waals surface area contributed by atoms with Gasteiger partial charge in [0.25, 0.3) is 0 Å². The van der Waals surface area contributed by atoms with Gasteiger partial charge in [0.2, 0.25) is 4.96 Å². The van der Waals surface area contributed by atoms with Gasteiger partial charge in [-0.3, -0.25) is 0 Å². The zero-order chi connectivity index (χ0) is 12.5. The van der Waals surface area contributed by atoms with E-state index in [1.54, 1.807) is 11.3 Å². The molecular formula is C12H19N5S. The molecule has 0 spiro atoms. The number of nitrogens with zero attached hydrogens (tertiary/aromatic N) is 4. The number of hydrogen-bond acceptors (Lipinski definition) is 5. The molecule has 3 rings (SSSR count). The molecule has 0 aromatic carbocycles. The summed E-state index contributed by atoms with van der Waals surface area (Å²) in [7, 11) is 0. The largest absolute Gasteiger partial charge is 0.316 e. The van der Waals surface area contributed by atoms with Crippen LogP contribution in [0.15, 0.2) is 0 Å². The van der Waals surface area contributed by atoms with Crippen molar-refractivity contribution in [1.29, 1.82) is 0 Å². The standard InChI is InChI=1S/C12H19N5S/c1-8(2)6-10-14-15-12-17(10)16-11(18-12)9-4-3-5-13-7-9/h8-9,13H,3-7H2,1-2H3. The second-order valence-electron chi connectivity index (χ2n) is 5.39. The Hall–Kier alpha value is -1.01. The van der Waals surface area contributed by atoms with E-state index in [1.165, 1.54) is 17.8 Å². The highest BCUT2D eigenvalue weighted by atomic mass is 32.1. The van der Waals surface area contributed by atoms with Gasteiger partial charge in [0.15, 0.2) is 5.82 Å². The molecule has 1 aliphatic rings. The van der Waals surface area contributed by atoms with Crippen LogP contribution in [0.4, 0.5) is 0 Å². The van der Waals surface area contributed by atoms with E-state index >= 15 is 0 Å². The predicted octanol–water partition coefficient (Wildman–Crippen LogP) is 1.85. The van der Waals surface area contributed by atoms with Crippen LogP contribution in [0.25, 0.3) is 4.96 Å². The lowest BCUT2D eigenvalue weighted by molar-refractivity contribution is 0.456. The minimum atomic E-state index is 0.553. The lowest BCUT2D eigenvalue weighted by Gasteiger charge is -2.19. The lowest BCUT2D eigenvalue weighted by atomic mass is 10.0. The van der Waals surface area contributed by atoms with E-state index in [-0.39, 0.29) is 0 Å². The molecule has 2 aromatic heterocycles. The third-order valence-corrected chi connectivity index (χ3v) is 4.37. The van der Waals surface area contributed by atoms with Gasteiger partial charge in [-0.25, -0.2) is 0 Å². The van der Waals surface area contributed by atoms with Crippen LogP contribution in [0.1, 0.15) is 43.4 Å². The summed E-state index contributed by atoms with van der Waals surface area (Å²) >= 11 is 1.69. The van der Waals surface area contributed by atoms with Crippen LogP contribution >= 0.6 is 11.3 Å². The zero-order valence-corrected chi connectivity index (χ0v) is 11.7. The first-order valence-corrected chi connectivity index (χ1v) is 7.47. The molecule has 0 amide bonds. The molecule has 1 saturated heterocycles. The van der Waals surface area contributed by atoms with Crippen molar-refractivity contribution in [3.8, 4) is 0 Å². The second kappa shape index (κ2) is 4.93. The summed E-state index contributed by atoms with van der Waals surface area (Å²) in [4.78, 5) is 0.936. The summed E-state index contributed by atoms with van der Waals surface area (Å²) in [5, 5.41) is 17.8. The van der Waals surface area contributed by atoms with Crippen LogP contribution < -0.4 is 5.32 Å². The van der Waals surface area contributed by atoms with Crippen LogP contribution in [0.2, 0.25) is 0 Å². The maximum atomic E-state index is 4.72. The number of rotatable bonds is 3. The van der Waals surface area contributed by atoms with Crippen molar-refractivity contribution < 1.29 is 0 Å². The molecule has 3 heterocycles. The minimum Gasteiger partial charge on any atom is -0.316 e. The Bertz CT molecular complexity index is 524. The summed E-state index contributed by atoms with van der Waals surface area (Å²) in [6.07, 6.45) is 3.41. The zero-order valence-electron chi connectivity index (χ0n) is 10.9. The van der Waals surface area contributed by atoms with E-state index in [0.717, 1.165) is 30.3 Å². The van der Waals surface area contributed by atoms with Gasteiger partial charge in [-0.1, -0.05) is 25.2 Å². The lowest BCUT2D eigenvalue weighted by Crippen LogP contribution is -2.28. The fourth-order valence-electron chi connectivity index (χ4n) is 2.39. The Morgan fingerprint density at radius 3 is 3.06 bits per heavy atom. The molecule has 1 unspecified atom stereocenters. The van der Waals surface area contributed by atoms with E-state index in [4.69, 9.17) is 5.10 Å². The molecule has 0 saturated carbocycles. The van der Waals surface area contributed by atoms with Gasteiger partial charge < -0.3 is 5.32 Å².